The minimum atomic E-state index is -1.01. The van der Waals surface area contributed by atoms with Crippen LogP contribution in [0.15, 0.2) is 0 Å². The standard InChI is InChI=1S/C82H158N6O18/c1-95-37-41-101-57-77(89)83(45-65-25-13-7-14-26-65)51-71-72(52-84(46-66-27-15-8-16-28-66)78(90)58-102-42-38-96-2)76(56-88(82(94)62-106-64-100-6)50-70-35-23-12-24-36-70)74(54-86(48-68-31-19-10-20-32-68)80(92)60-104-44-40-98-4)73(53-85(47-67-29-17-9-18-30-67)79(91)59-103-43-39-97-3)75(71)55-87(81(93)61-105-63-99-5)49-69-33-21-11-22-34-69/h65-82,89-94H,7-64H2,1-6H3. The second-order valence-corrected chi connectivity index (χ2v) is 33.4. The van der Waals surface area contributed by atoms with E-state index >= 15 is 0 Å². The quantitative estimate of drug-likeness (QED) is 0.0246. The third-order valence-electron chi connectivity index (χ3n) is 25.5. The first-order valence-corrected chi connectivity index (χ1v) is 42.8. The highest BCUT2D eigenvalue weighted by atomic mass is 16.7. The third-order valence-corrected chi connectivity index (χ3v) is 25.5. The molecule has 7 rings (SSSR count). The van der Waals surface area contributed by atoms with Crippen LogP contribution in [0.2, 0.25) is 0 Å². The highest BCUT2D eigenvalue weighted by Crippen LogP contribution is 2.51. The first-order valence-electron chi connectivity index (χ1n) is 42.8. The molecule has 0 heterocycles. The first kappa shape index (κ1) is 92.2. The Hall–Kier alpha value is -0.960. The number of rotatable bonds is 58. The van der Waals surface area contributed by atoms with Gasteiger partial charge in [0.05, 0.1) is 92.5 Å². The Labute approximate surface area is 642 Å². The van der Waals surface area contributed by atoms with Gasteiger partial charge in [0.25, 0.3) is 0 Å². The largest absolute Gasteiger partial charge is 0.382 e. The molecule has 7 fully saturated rings. The van der Waals surface area contributed by atoms with Gasteiger partial charge >= 0.3 is 0 Å². The van der Waals surface area contributed by atoms with Crippen LogP contribution in [0, 0.1) is 71.0 Å². The molecule has 10 atom stereocenters. The van der Waals surface area contributed by atoms with Crippen molar-refractivity contribution in [3.63, 3.8) is 0 Å². The van der Waals surface area contributed by atoms with Gasteiger partial charge in [-0.3, -0.25) is 29.4 Å². The number of hydrogen-bond donors (Lipinski definition) is 6. The summed E-state index contributed by atoms with van der Waals surface area (Å²) < 4.78 is 71.5. The van der Waals surface area contributed by atoms with Crippen molar-refractivity contribution in [2.24, 2.45) is 71.0 Å². The lowest BCUT2D eigenvalue weighted by atomic mass is 9.55. The monoisotopic (exact) mass is 1520 g/mol. The van der Waals surface area contributed by atoms with Crippen molar-refractivity contribution in [3.05, 3.63) is 0 Å². The molecule has 0 aromatic rings. The maximum atomic E-state index is 13.3. The van der Waals surface area contributed by atoms with Crippen LogP contribution in [-0.4, -0.2) is 325 Å². The average molecular weight is 1520 g/mol. The Bertz CT molecular complexity index is 1850. The van der Waals surface area contributed by atoms with Gasteiger partial charge in [-0.25, -0.2) is 0 Å². The minimum absolute atomic E-state index is 0.0260. The van der Waals surface area contributed by atoms with E-state index in [2.05, 4.69) is 29.4 Å². The van der Waals surface area contributed by atoms with Gasteiger partial charge in [0.1, 0.15) is 51.0 Å². The van der Waals surface area contributed by atoms with Gasteiger partial charge in [0.2, 0.25) is 0 Å². The fourth-order valence-corrected chi connectivity index (χ4v) is 19.7. The number of methoxy groups -OCH3 is 6. The fraction of sp³-hybridized carbons (Fsp3) is 1.00. The molecule has 7 saturated carbocycles. The molecule has 0 aromatic heterocycles. The topological polar surface area (TPSA) is 252 Å². The predicted molar refractivity (Wildman–Crippen MR) is 412 cm³/mol. The van der Waals surface area contributed by atoms with Gasteiger partial charge in [0, 0.05) is 121 Å². The summed E-state index contributed by atoms with van der Waals surface area (Å²) in [5.41, 5.74) is 0. The maximum absolute atomic E-state index is 13.3. The van der Waals surface area contributed by atoms with E-state index in [9.17, 15) is 30.6 Å². The van der Waals surface area contributed by atoms with Crippen LogP contribution in [0.1, 0.15) is 193 Å². The molecular weight excluding hydrogens is 1360 g/mol. The molecule has 0 amide bonds. The normalized spacial score (nSPS) is 25.4. The van der Waals surface area contributed by atoms with E-state index in [0.717, 1.165) is 154 Å². The number of hydrogen-bond acceptors (Lipinski definition) is 24. The molecule has 106 heavy (non-hydrogen) atoms. The van der Waals surface area contributed by atoms with E-state index < -0.39 is 37.4 Å². The van der Waals surface area contributed by atoms with E-state index in [1.165, 1.54) is 38.5 Å². The molecule has 7 aliphatic rings. The molecule has 10 unspecified atom stereocenters. The summed E-state index contributed by atoms with van der Waals surface area (Å²) in [4.78, 5) is 14.2. The second-order valence-electron chi connectivity index (χ2n) is 33.4. The van der Waals surface area contributed by atoms with E-state index in [1.54, 1.807) is 42.7 Å². The SMILES string of the molecule is COCCOCC(O)N(CC1CCCCC1)CC1C(CN(CC2CCCCC2)C(O)COCCOC)C(CN(CC2CCCCC2)C(O)COCOC)C(CN(CC2CCCCC2)C(O)COCCOC)C(CN(CC2CCCCC2)C(O)COCCOC)C1CN(CC1CCCCC1)C(O)COCOC. The fourth-order valence-electron chi connectivity index (χ4n) is 19.7. The molecule has 0 aromatic carbocycles. The average Bonchev–Trinajstić information content (AvgIpc) is 0.746. The van der Waals surface area contributed by atoms with E-state index in [-0.39, 0.29) is 88.7 Å². The summed E-state index contributed by atoms with van der Waals surface area (Å²) in [7, 11) is 9.94. The zero-order chi connectivity index (χ0) is 75.4. The van der Waals surface area contributed by atoms with E-state index in [4.69, 9.17) is 56.8 Å². The van der Waals surface area contributed by atoms with Gasteiger partial charge in [-0.1, -0.05) is 116 Å². The maximum Gasteiger partial charge on any atom is 0.146 e. The smallest absolute Gasteiger partial charge is 0.146 e. The van der Waals surface area contributed by atoms with Crippen LogP contribution in [0.3, 0.4) is 0 Å². The highest BCUT2D eigenvalue weighted by Gasteiger charge is 2.55. The van der Waals surface area contributed by atoms with Gasteiger partial charge < -0.3 is 87.5 Å². The third kappa shape index (κ3) is 34.2. The molecule has 6 N–H and O–H groups in total. The Balaban J connectivity index is 1.60. The predicted octanol–water partition coefficient (Wildman–Crippen LogP) is 8.79. The number of aliphatic hydroxyl groups excluding tert-OH is 6. The van der Waals surface area contributed by atoms with Crippen molar-refractivity contribution in [3.8, 4) is 0 Å². The van der Waals surface area contributed by atoms with Crippen molar-refractivity contribution >= 4 is 0 Å². The molecule has 24 nitrogen and oxygen atoms in total. The van der Waals surface area contributed by atoms with Crippen LogP contribution in [0.5, 0.6) is 0 Å². The van der Waals surface area contributed by atoms with Crippen molar-refractivity contribution in [2.75, 3.05) is 227 Å². The molecule has 624 valence electrons. The van der Waals surface area contributed by atoms with Crippen LogP contribution in [0.25, 0.3) is 0 Å². The molecular formula is C82H158N6O18. The number of ether oxygens (including phenoxy) is 12. The van der Waals surface area contributed by atoms with Crippen molar-refractivity contribution in [1.82, 2.24) is 29.4 Å². The summed E-state index contributed by atoms with van der Waals surface area (Å²) in [6.45, 7) is 9.96. The first-order chi connectivity index (χ1) is 51.9. The van der Waals surface area contributed by atoms with Crippen molar-refractivity contribution < 1.29 is 87.5 Å². The molecule has 0 spiro atoms. The lowest BCUT2D eigenvalue weighted by molar-refractivity contribution is -0.167. The zero-order valence-corrected chi connectivity index (χ0v) is 67.7. The van der Waals surface area contributed by atoms with Crippen molar-refractivity contribution in [1.29, 1.82) is 0 Å². The van der Waals surface area contributed by atoms with E-state index in [0.29, 0.717) is 167 Å². The Morgan fingerprint density at radius 1 is 0.208 bits per heavy atom. The Morgan fingerprint density at radius 2 is 0.368 bits per heavy atom. The van der Waals surface area contributed by atoms with Crippen LogP contribution in [0.4, 0.5) is 0 Å². The summed E-state index contributed by atoms with van der Waals surface area (Å²) in [6, 6.07) is 0. The molecule has 24 heteroatoms. The molecule has 0 radical (unpaired) electrons. The minimum Gasteiger partial charge on any atom is -0.382 e. The lowest BCUT2D eigenvalue weighted by Gasteiger charge is -2.58. The van der Waals surface area contributed by atoms with Crippen molar-refractivity contribution in [2.45, 2.75) is 230 Å². The van der Waals surface area contributed by atoms with Gasteiger partial charge in [-0.15, -0.1) is 0 Å². The summed E-state index contributed by atoms with van der Waals surface area (Å²) in [5, 5.41) is 79.9. The number of nitrogens with zero attached hydrogens (tertiary/aromatic N) is 6. The second kappa shape index (κ2) is 55.5. The van der Waals surface area contributed by atoms with Gasteiger partial charge in [0.15, 0.2) is 0 Å². The van der Waals surface area contributed by atoms with Crippen LogP contribution >= 0.6 is 0 Å². The highest BCUT2D eigenvalue weighted by molar-refractivity contribution is 5.04. The Morgan fingerprint density at radius 3 is 0.519 bits per heavy atom. The zero-order valence-electron chi connectivity index (χ0n) is 67.7. The van der Waals surface area contributed by atoms with Crippen LogP contribution < -0.4 is 0 Å². The number of aliphatic hydroxyl groups is 6. The lowest BCUT2D eigenvalue weighted by Crippen LogP contribution is -2.64. The molecule has 0 saturated heterocycles. The van der Waals surface area contributed by atoms with Crippen LogP contribution in [-0.2, 0) is 56.8 Å². The molecule has 7 aliphatic carbocycles. The molecule has 0 bridgehead atoms. The summed E-state index contributed by atoms with van der Waals surface area (Å²) in [6.07, 6.45) is 27.3. The van der Waals surface area contributed by atoms with Gasteiger partial charge in [-0.05, 0) is 148 Å². The molecule has 0 aliphatic heterocycles. The summed E-state index contributed by atoms with van der Waals surface area (Å²) in [5.74, 6) is 0.272. The summed E-state index contributed by atoms with van der Waals surface area (Å²) >= 11 is 0. The Kier molecular flexibility index (Phi) is 48.3. The van der Waals surface area contributed by atoms with E-state index in [1.807, 2.05) is 0 Å². The van der Waals surface area contributed by atoms with Gasteiger partial charge in [-0.2, -0.15) is 0 Å².